The summed E-state index contributed by atoms with van der Waals surface area (Å²) in [5.41, 5.74) is 6.46. The van der Waals surface area contributed by atoms with Gasteiger partial charge in [0.1, 0.15) is 5.75 Å². The Hall–Kier alpha value is -5.15. The monoisotopic (exact) mass is 574 g/mol. The number of hydrogen-bond acceptors (Lipinski definition) is 6. The zero-order valence-corrected chi connectivity index (χ0v) is 23.3. The molecule has 0 amide bonds. The summed E-state index contributed by atoms with van der Waals surface area (Å²) in [5.74, 6) is 1.07. The van der Waals surface area contributed by atoms with Gasteiger partial charge in [-0.25, -0.2) is 4.79 Å². The average Bonchev–Trinajstić information content (AvgIpc) is 3.74. The maximum absolute atomic E-state index is 11.6. The number of aromatic nitrogens is 4. The van der Waals surface area contributed by atoms with Crippen molar-refractivity contribution in [3.05, 3.63) is 107 Å². The first-order valence-corrected chi connectivity index (χ1v) is 14.5. The summed E-state index contributed by atoms with van der Waals surface area (Å²) in [7, 11) is 0. The molecule has 0 fully saturated rings. The van der Waals surface area contributed by atoms with Gasteiger partial charge in [0.25, 0.3) is 0 Å². The van der Waals surface area contributed by atoms with Crippen molar-refractivity contribution >= 4 is 50.1 Å². The van der Waals surface area contributed by atoms with Gasteiger partial charge in [-0.1, -0.05) is 54.6 Å². The van der Waals surface area contributed by atoms with Crippen LogP contribution >= 0.6 is 11.3 Å². The van der Waals surface area contributed by atoms with E-state index in [4.69, 9.17) is 9.47 Å². The Bertz CT molecular complexity index is 2040. The molecule has 7 rings (SSSR count). The second-order valence-corrected chi connectivity index (χ2v) is 11.0. The van der Waals surface area contributed by atoms with E-state index in [0.29, 0.717) is 26.0 Å². The summed E-state index contributed by atoms with van der Waals surface area (Å²) in [6, 6.07) is 22.2. The third-order valence-corrected chi connectivity index (χ3v) is 8.22. The summed E-state index contributed by atoms with van der Waals surface area (Å²) < 4.78 is 13.6. The SMILES string of the molecule is O=C(O)Oc1[nH]c2c(-c3cn(Cc4cncs4)c4cnccc34)cccc2c1CCCOc1cccc2ccccc12. The third-order valence-electron chi connectivity index (χ3n) is 7.45. The normalized spacial score (nSPS) is 11.4. The molecule has 0 aliphatic carbocycles. The molecule has 0 unspecified atom stereocenters. The van der Waals surface area contributed by atoms with Crippen LogP contribution < -0.4 is 9.47 Å². The Labute approximate surface area is 244 Å². The quantitative estimate of drug-likeness (QED) is 0.134. The van der Waals surface area contributed by atoms with Crippen molar-refractivity contribution in [2.45, 2.75) is 19.4 Å². The van der Waals surface area contributed by atoms with Crippen LogP contribution in [0.3, 0.4) is 0 Å². The molecule has 4 aromatic heterocycles. The van der Waals surface area contributed by atoms with Crippen LogP contribution in [-0.2, 0) is 13.0 Å². The van der Waals surface area contributed by atoms with E-state index >= 15 is 0 Å². The minimum absolute atomic E-state index is 0.241. The number of thiazole rings is 1. The van der Waals surface area contributed by atoms with E-state index in [2.05, 4.69) is 43.9 Å². The summed E-state index contributed by atoms with van der Waals surface area (Å²) in [6.45, 7) is 1.16. The van der Waals surface area contributed by atoms with Crippen LogP contribution in [0.2, 0.25) is 0 Å². The van der Waals surface area contributed by atoms with Gasteiger partial charge in [0.15, 0.2) is 0 Å². The molecular weight excluding hydrogens is 548 g/mol. The molecule has 4 heterocycles. The fourth-order valence-electron chi connectivity index (χ4n) is 5.62. The first-order chi connectivity index (χ1) is 20.7. The lowest BCUT2D eigenvalue weighted by Crippen LogP contribution is -2.06. The third kappa shape index (κ3) is 4.84. The molecule has 0 aliphatic heterocycles. The van der Waals surface area contributed by atoms with Gasteiger partial charge in [0.2, 0.25) is 5.88 Å². The lowest BCUT2D eigenvalue weighted by molar-refractivity contribution is 0.142. The van der Waals surface area contributed by atoms with Crippen LogP contribution in [0, 0.1) is 0 Å². The highest BCUT2D eigenvalue weighted by atomic mass is 32.1. The Morgan fingerprint density at radius 1 is 0.929 bits per heavy atom. The Balaban J connectivity index is 1.22. The highest BCUT2D eigenvalue weighted by Crippen LogP contribution is 2.39. The number of aromatic amines is 1. The molecule has 7 aromatic rings. The Morgan fingerprint density at radius 2 is 1.79 bits per heavy atom. The number of nitrogens with one attached hydrogen (secondary N) is 1. The number of H-pyrrole nitrogens is 1. The second kappa shape index (κ2) is 11.0. The fourth-order valence-corrected chi connectivity index (χ4v) is 6.21. The number of aryl methyl sites for hydroxylation is 1. The van der Waals surface area contributed by atoms with Crippen molar-refractivity contribution in [1.82, 2.24) is 19.5 Å². The Kier molecular flexibility index (Phi) is 6.77. The summed E-state index contributed by atoms with van der Waals surface area (Å²) in [4.78, 5) is 24.7. The van der Waals surface area contributed by atoms with Crippen molar-refractivity contribution in [3.63, 3.8) is 0 Å². The molecule has 42 heavy (non-hydrogen) atoms. The minimum atomic E-state index is -1.36. The van der Waals surface area contributed by atoms with E-state index in [1.165, 1.54) is 0 Å². The smallest absolute Gasteiger partial charge is 0.493 e. The van der Waals surface area contributed by atoms with E-state index in [1.807, 2.05) is 66.4 Å². The van der Waals surface area contributed by atoms with Crippen molar-refractivity contribution in [2.24, 2.45) is 0 Å². The first kappa shape index (κ1) is 25.8. The van der Waals surface area contributed by atoms with Crippen molar-refractivity contribution in [1.29, 1.82) is 0 Å². The fraction of sp³-hybridized carbons (Fsp3) is 0.121. The number of hydrogen-bond donors (Lipinski definition) is 2. The molecule has 0 bridgehead atoms. The van der Waals surface area contributed by atoms with Gasteiger partial charge in [-0.2, -0.15) is 0 Å². The topological polar surface area (TPSA) is 102 Å². The molecule has 0 aliphatic rings. The number of nitrogens with zero attached hydrogens (tertiary/aromatic N) is 3. The van der Waals surface area contributed by atoms with E-state index in [1.54, 1.807) is 17.5 Å². The molecule has 208 valence electrons. The highest BCUT2D eigenvalue weighted by Gasteiger charge is 2.20. The Morgan fingerprint density at radius 3 is 2.67 bits per heavy atom. The molecule has 0 spiro atoms. The molecule has 0 radical (unpaired) electrons. The van der Waals surface area contributed by atoms with Crippen LogP contribution in [-0.4, -0.2) is 37.4 Å². The summed E-state index contributed by atoms with van der Waals surface area (Å²) in [5, 5.41) is 13.7. The van der Waals surface area contributed by atoms with Gasteiger partial charge in [-0.15, -0.1) is 11.3 Å². The van der Waals surface area contributed by atoms with Gasteiger partial charge in [0.05, 0.1) is 35.9 Å². The van der Waals surface area contributed by atoms with Crippen LogP contribution in [0.15, 0.2) is 97.0 Å². The maximum atomic E-state index is 11.6. The molecular formula is C33H26N4O4S. The minimum Gasteiger partial charge on any atom is -0.493 e. The van der Waals surface area contributed by atoms with Crippen LogP contribution in [0.4, 0.5) is 4.79 Å². The largest absolute Gasteiger partial charge is 0.512 e. The number of fused-ring (bicyclic) bond motifs is 3. The highest BCUT2D eigenvalue weighted by molar-refractivity contribution is 7.09. The summed E-state index contributed by atoms with van der Waals surface area (Å²) in [6.07, 6.45) is 7.56. The van der Waals surface area contributed by atoms with Gasteiger partial charge in [-0.05, 0) is 30.4 Å². The average molecular weight is 575 g/mol. The number of carbonyl (C=O) groups is 1. The van der Waals surface area contributed by atoms with Gasteiger partial charge < -0.3 is 24.1 Å². The van der Waals surface area contributed by atoms with Gasteiger partial charge in [-0.3, -0.25) is 9.97 Å². The van der Waals surface area contributed by atoms with E-state index < -0.39 is 6.16 Å². The molecule has 2 N–H and O–H groups in total. The van der Waals surface area contributed by atoms with Crippen molar-refractivity contribution < 1.29 is 19.4 Å². The number of carboxylic acid groups (broad SMARTS) is 1. The number of para-hydroxylation sites is 1. The van der Waals surface area contributed by atoms with E-state index in [9.17, 15) is 9.90 Å². The maximum Gasteiger partial charge on any atom is 0.512 e. The van der Waals surface area contributed by atoms with E-state index in [-0.39, 0.29) is 5.88 Å². The van der Waals surface area contributed by atoms with Gasteiger partial charge >= 0.3 is 6.16 Å². The van der Waals surface area contributed by atoms with Crippen LogP contribution in [0.25, 0.3) is 43.7 Å². The lowest BCUT2D eigenvalue weighted by Gasteiger charge is -2.09. The molecule has 3 aromatic carbocycles. The number of ether oxygens (including phenoxy) is 2. The zero-order chi connectivity index (χ0) is 28.5. The number of rotatable bonds is 9. The lowest BCUT2D eigenvalue weighted by atomic mass is 10.0. The van der Waals surface area contributed by atoms with E-state index in [0.717, 1.165) is 59.9 Å². The number of benzene rings is 3. The second-order valence-electron chi connectivity index (χ2n) is 9.99. The van der Waals surface area contributed by atoms with Crippen molar-refractivity contribution in [3.8, 4) is 22.8 Å². The first-order valence-electron chi connectivity index (χ1n) is 13.6. The molecule has 0 saturated heterocycles. The molecule has 0 saturated carbocycles. The van der Waals surface area contributed by atoms with Crippen molar-refractivity contribution in [2.75, 3.05) is 6.61 Å². The predicted molar refractivity (Wildman–Crippen MR) is 165 cm³/mol. The molecule has 0 atom stereocenters. The molecule has 8 nitrogen and oxygen atoms in total. The summed E-state index contributed by atoms with van der Waals surface area (Å²) >= 11 is 1.61. The zero-order valence-electron chi connectivity index (χ0n) is 22.5. The van der Waals surface area contributed by atoms with Crippen LogP contribution in [0.5, 0.6) is 11.6 Å². The molecule has 9 heteroatoms. The predicted octanol–water partition coefficient (Wildman–Crippen LogP) is 7.91. The van der Waals surface area contributed by atoms with Gasteiger partial charge in [0, 0.05) is 56.3 Å². The van der Waals surface area contributed by atoms with Crippen LogP contribution in [0.1, 0.15) is 16.9 Å². The standard InChI is InChI=1S/C33H26N4O4S/c38-33(39)41-32-27(11-5-15-40-30-12-3-7-21-6-1-2-8-23(21)30)25-9-4-10-26(31(25)36-32)28-19-37(18-22-16-35-20-42-22)29-17-34-14-13-24(28)29/h1-4,6-10,12-14,16-17,19-20,36H,5,11,15,18H2,(H,38,39). The number of pyridine rings is 1.